The zero-order valence-corrected chi connectivity index (χ0v) is 5.77. The van der Waals surface area contributed by atoms with Crippen LogP contribution in [0.1, 0.15) is 0 Å². The summed E-state index contributed by atoms with van der Waals surface area (Å²) in [5, 5.41) is 0. The predicted molar refractivity (Wildman–Crippen MR) is 31.8 cm³/mol. The van der Waals surface area contributed by atoms with Gasteiger partial charge < -0.3 is 9.57 Å². The zero-order chi connectivity index (χ0) is 7.82. The average Bonchev–Trinajstić information content (AvgIpc) is 1.87. The van der Waals surface area contributed by atoms with Crippen molar-refractivity contribution in [1.82, 2.24) is 5.48 Å². The third kappa shape index (κ3) is 7.74. The first kappa shape index (κ1) is 9.74. The summed E-state index contributed by atoms with van der Waals surface area (Å²) in [6.07, 6.45) is -2.39. The van der Waals surface area contributed by atoms with Crippen LogP contribution < -0.4 is 5.48 Å². The first-order valence-electron chi connectivity index (χ1n) is 2.89. The van der Waals surface area contributed by atoms with Crippen LogP contribution in [-0.2, 0) is 9.57 Å². The number of hydrogen-bond donors (Lipinski definition) is 1. The molecular weight excluding hydrogens is 144 g/mol. The zero-order valence-electron chi connectivity index (χ0n) is 5.77. The van der Waals surface area contributed by atoms with Gasteiger partial charge in [-0.3, -0.25) is 0 Å². The first-order valence-corrected chi connectivity index (χ1v) is 2.89. The van der Waals surface area contributed by atoms with Crippen molar-refractivity contribution in [3.63, 3.8) is 0 Å². The fourth-order valence-electron chi connectivity index (χ4n) is 0.388. The molecule has 0 atom stereocenters. The van der Waals surface area contributed by atoms with Crippen molar-refractivity contribution in [1.29, 1.82) is 0 Å². The molecule has 0 saturated heterocycles. The minimum atomic E-state index is -2.39. The SMILES string of the molecule is CONCCOCC(F)F. The highest BCUT2D eigenvalue weighted by atomic mass is 19.3. The Bertz CT molecular complexity index is 72.7. The van der Waals surface area contributed by atoms with E-state index in [1.807, 2.05) is 0 Å². The summed E-state index contributed by atoms with van der Waals surface area (Å²) in [7, 11) is 1.45. The van der Waals surface area contributed by atoms with Crippen molar-refractivity contribution in [3.8, 4) is 0 Å². The van der Waals surface area contributed by atoms with Gasteiger partial charge in [-0.15, -0.1) is 0 Å². The second-order valence-electron chi connectivity index (χ2n) is 1.56. The molecule has 62 valence electrons. The van der Waals surface area contributed by atoms with Crippen molar-refractivity contribution in [2.45, 2.75) is 6.43 Å². The van der Waals surface area contributed by atoms with Crippen molar-refractivity contribution in [3.05, 3.63) is 0 Å². The van der Waals surface area contributed by atoms with Crippen LogP contribution in [0.25, 0.3) is 0 Å². The number of hydroxylamine groups is 1. The molecule has 0 aliphatic heterocycles. The molecule has 0 aromatic carbocycles. The molecule has 0 aromatic rings. The van der Waals surface area contributed by atoms with Crippen LogP contribution in [-0.4, -0.2) is 33.3 Å². The van der Waals surface area contributed by atoms with E-state index >= 15 is 0 Å². The Morgan fingerprint density at radius 2 is 2.20 bits per heavy atom. The summed E-state index contributed by atoms with van der Waals surface area (Å²) in [4.78, 5) is 4.43. The maximum absolute atomic E-state index is 11.4. The highest BCUT2D eigenvalue weighted by Crippen LogP contribution is 1.90. The van der Waals surface area contributed by atoms with Gasteiger partial charge in [0.2, 0.25) is 0 Å². The van der Waals surface area contributed by atoms with Crippen LogP contribution in [0, 0.1) is 0 Å². The lowest BCUT2D eigenvalue weighted by Gasteiger charge is -2.02. The standard InChI is InChI=1S/C5H11F2NO2/c1-9-8-2-3-10-4-5(6)7/h5,8H,2-4H2,1H3. The molecule has 10 heavy (non-hydrogen) atoms. The largest absolute Gasteiger partial charge is 0.374 e. The summed E-state index contributed by atoms with van der Waals surface area (Å²) in [6.45, 7) is 0.146. The quantitative estimate of drug-likeness (QED) is 0.445. The number of rotatable bonds is 6. The fourth-order valence-corrected chi connectivity index (χ4v) is 0.388. The van der Waals surface area contributed by atoms with Gasteiger partial charge in [0.05, 0.1) is 13.7 Å². The minimum absolute atomic E-state index is 0.234. The molecule has 0 heterocycles. The van der Waals surface area contributed by atoms with Gasteiger partial charge in [-0.2, -0.15) is 0 Å². The third-order valence-electron chi connectivity index (χ3n) is 0.737. The Morgan fingerprint density at radius 3 is 2.70 bits per heavy atom. The van der Waals surface area contributed by atoms with Crippen molar-refractivity contribution in [2.24, 2.45) is 0 Å². The lowest BCUT2D eigenvalue weighted by Crippen LogP contribution is -2.19. The molecule has 0 aromatic heterocycles. The number of nitrogens with one attached hydrogen (secondary N) is 1. The molecule has 1 N–H and O–H groups in total. The van der Waals surface area contributed by atoms with Gasteiger partial charge in [0.15, 0.2) is 0 Å². The summed E-state index contributed by atoms with van der Waals surface area (Å²) in [6, 6.07) is 0. The topological polar surface area (TPSA) is 30.5 Å². The van der Waals surface area contributed by atoms with Crippen LogP contribution in [0.3, 0.4) is 0 Å². The average molecular weight is 155 g/mol. The van der Waals surface area contributed by atoms with E-state index in [1.165, 1.54) is 7.11 Å². The summed E-state index contributed by atoms with van der Waals surface area (Å²) in [5.41, 5.74) is 2.45. The summed E-state index contributed by atoms with van der Waals surface area (Å²) < 4.78 is 27.2. The molecular formula is C5H11F2NO2. The fraction of sp³-hybridized carbons (Fsp3) is 1.00. The predicted octanol–water partition coefficient (Wildman–Crippen LogP) is 0.419. The van der Waals surface area contributed by atoms with E-state index in [0.29, 0.717) is 6.54 Å². The van der Waals surface area contributed by atoms with Gasteiger partial charge in [-0.05, 0) is 0 Å². The number of hydrogen-bond acceptors (Lipinski definition) is 3. The van der Waals surface area contributed by atoms with Crippen LogP contribution >= 0.6 is 0 Å². The molecule has 0 aliphatic rings. The Morgan fingerprint density at radius 1 is 1.50 bits per heavy atom. The smallest absolute Gasteiger partial charge is 0.261 e. The van der Waals surface area contributed by atoms with E-state index in [4.69, 9.17) is 0 Å². The molecule has 0 unspecified atom stereocenters. The molecule has 0 spiro atoms. The monoisotopic (exact) mass is 155 g/mol. The third-order valence-corrected chi connectivity index (χ3v) is 0.737. The van der Waals surface area contributed by atoms with E-state index in [9.17, 15) is 8.78 Å². The van der Waals surface area contributed by atoms with Crippen LogP contribution in [0.15, 0.2) is 0 Å². The van der Waals surface area contributed by atoms with Gasteiger partial charge in [0.1, 0.15) is 6.61 Å². The molecule has 5 heteroatoms. The van der Waals surface area contributed by atoms with Crippen LogP contribution in [0.5, 0.6) is 0 Å². The molecule has 0 rings (SSSR count). The maximum Gasteiger partial charge on any atom is 0.261 e. The second-order valence-corrected chi connectivity index (χ2v) is 1.56. The van der Waals surface area contributed by atoms with Gasteiger partial charge in [0.25, 0.3) is 6.43 Å². The molecule has 3 nitrogen and oxygen atoms in total. The molecule has 0 amide bonds. The minimum Gasteiger partial charge on any atom is -0.374 e. The highest BCUT2D eigenvalue weighted by Gasteiger charge is 1.99. The van der Waals surface area contributed by atoms with E-state index in [1.54, 1.807) is 0 Å². The summed E-state index contributed by atoms with van der Waals surface area (Å²) >= 11 is 0. The normalized spacial score (nSPS) is 10.8. The number of halogens is 2. The molecule has 0 bridgehead atoms. The first-order chi connectivity index (χ1) is 4.77. The van der Waals surface area contributed by atoms with Crippen molar-refractivity contribution >= 4 is 0 Å². The highest BCUT2D eigenvalue weighted by molar-refractivity contribution is 4.35. The lowest BCUT2D eigenvalue weighted by molar-refractivity contribution is 0.00261. The Balaban J connectivity index is 2.77. The lowest BCUT2D eigenvalue weighted by atomic mass is 10.7. The van der Waals surface area contributed by atoms with Crippen LogP contribution in [0.4, 0.5) is 8.78 Å². The molecule has 0 saturated carbocycles. The van der Waals surface area contributed by atoms with Gasteiger partial charge >= 0.3 is 0 Å². The van der Waals surface area contributed by atoms with Crippen molar-refractivity contribution in [2.75, 3.05) is 26.9 Å². The molecule has 0 radical (unpaired) electrons. The van der Waals surface area contributed by atoms with E-state index in [-0.39, 0.29) is 6.61 Å². The van der Waals surface area contributed by atoms with E-state index in [2.05, 4.69) is 15.1 Å². The van der Waals surface area contributed by atoms with Gasteiger partial charge in [-0.1, -0.05) is 0 Å². The second kappa shape index (κ2) is 6.85. The van der Waals surface area contributed by atoms with Crippen molar-refractivity contribution < 1.29 is 18.4 Å². The van der Waals surface area contributed by atoms with E-state index < -0.39 is 13.0 Å². The van der Waals surface area contributed by atoms with E-state index in [0.717, 1.165) is 0 Å². The number of ether oxygens (including phenoxy) is 1. The number of alkyl halides is 2. The molecule has 0 fully saturated rings. The van der Waals surface area contributed by atoms with Gasteiger partial charge in [-0.25, -0.2) is 14.3 Å². The van der Waals surface area contributed by atoms with Crippen LogP contribution in [0.2, 0.25) is 0 Å². The summed E-state index contributed by atoms with van der Waals surface area (Å²) in [5.74, 6) is 0. The Hall–Kier alpha value is -0.260. The Kier molecular flexibility index (Phi) is 6.68. The Labute approximate surface area is 58.3 Å². The maximum atomic E-state index is 11.4. The molecule has 0 aliphatic carbocycles. The van der Waals surface area contributed by atoms with Gasteiger partial charge in [0, 0.05) is 6.54 Å².